The second-order valence-electron chi connectivity index (χ2n) is 4.10. The maximum atomic E-state index is 12.1. The van der Waals surface area contributed by atoms with E-state index in [9.17, 15) is 4.79 Å². The molecule has 4 nitrogen and oxygen atoms in total. The average molecular weight is 335 g/mol. The molecule has 5 heteroatoms. The third-order valence-corrected chi connectivity index (χ3v) is 3.31. The molecule has 0 saturated heterocycles. The fraction of sp³-hybridized carbons (Fsp3) is 0.133. The van der Waals surface area contributed by atoms with Crippen LogP contribution in [0.4, 0.5) is 5.69 Å². The van der Waals surface area contributed by atoms with E-state index in [1.807, 2.05) is 18.2 Å². The van der Waals surface area contributed by atoms with Gasteiger partial charge in [0.15, 0.2) is 0 Å². The molecule has 3 N–H and O–H groups in total. The minimum absolute atomic E-state index is 0.159. The van der Waals surface area contributed by atoms with Crippen LogP contribution < -0.4 is 15.8 Å². The van der Waals surface area contributed by atoms with Gasteiger partial charge in [-0.2, -0.15) is 0 Å². The van der Waals surface area contributed by atoms with Gasteiger partial charge < -0.3 is 15.8 Å². The van der Waals surface area contributed by atoms with E-state index in [-0.39, 0.29) is 5.91 Å². The first kappa shape index (κ1) is 14.6. The molecule has 0 heterocycles. The summed E-state index contributed by atoms with van der Waals surface area (Å²) in [6, 6.07) is 14.5. The van der Waals surface area contributed by atoms with Gasteiger partial charge >= 0.3 is 0 Å². The van der Waals surface area contributed by atoms with Crippen molar-refractivity contribution in [2.75, 3.05) is 18.5 Å². The first-order valence-electron chi connectivity index (χ1n) is 6.19. The number of hydrogen-bond donors (Lipinski definition) is 2. The van der Waals surface area contributed by atoms with Crippen LogP contribution >= 0.6 is 15.9 Å². The van der Waals surface area contributed by atoms with Gasteiger partial charge in [-0.15, -0.1) is 0 Å². The third-order valence-electron chi connectivity index (χ3n) is 2.62. The van der Waals surface area contributed by atoms with Crippen molar-refractivity contribution in [1.82, 2.24) is 0 Å². The Morgan fingerprint density at radius 3 is 2.50 bits per heavy atom. The SMILES string of the molecule is NCCOc1ccc(NC(=O)c2ccccc2Br)cc1. The van der Waals surface area contributed by atoms with Gasteiger partial charge in [-0.1, -0.05) is 12.1 Å². The summed E-state index contributed by atoms with van der Waals surface area (Å²) in [5.74, 6) is 0.572. The Kier molecular flexibility index (Phi) is 5.15. The summed E-state index contributed by atoms with van der Waals surface area (Å²) in [5.41, 5.74) is 6.67. The van der Waals surface area contributed by atoms with Crippen molar-refractivity contribution in [3.05, 3.63) is 58.6 Å². The molecule has 2 aromatic carbocycles. The highest BCUT2D eigenvalue weighted by Gasteiger charge is 2.09. The van der Waals surface area contributed by atoms with Crippen molar-refractivity contribution < 1.29 is 9.53 Å². The quantitative estimate of drug-likeness (QED) is 0.883. The van der Waals surface area contributed by atoms with Gasteiger partial charge in [0.1, 0.15) is 12.4 Å². The van der Waals surface area contributed by atoms with Crippen molar-refractivity contribution in [3.8, 4) is 5.75 Å². The van der Waals surface area contributed by atoms with Crippen molar-refractivity contribution in [2.24, 2.45) is 5.73 Å². The van der Waals surface area contributed by atoms with Crippen LogP contribution in [0.15, 0.2) is 53.0 Å². The number of carbonyl (C=O) groups excluding carboxylic acids is 1. The van der Waals surface area contributed by atoms with Crippen LogP contribution in [0, 0.1) is 0 Å². The fourth-order valence-corrected chi connectivity index (χ4v) is 2.12. The Morgan fingerprint density at radius 1 is 1.15 bits per heavy atom. The zero-order chi connectivity index (χ0) is 14.4. The molecule has 2 rings (SSSR count). The van der Waals surface area contributed by atoms with Crippen molar-refractivity contribution in [2.45, 2.75) is 0 Å². The summed E-state index contributed by atoms with van der Waals surface area (Å²) in [6.45, 7) is 0.948. The Balaban J connectivity index is 2.03. The molecule has 0 spiro atoms. The zero-order valence-electron chi connectivity index (χ0n) is 10.8. The molecule has 0 aliphatic rings. The minimum Gasteiger partial charge on any atom is -0.492 e. The minimum atomic E-state index is -0.159. The number of nitrogens with two attached hydrogens (primary N) is 1. The van der Waals surface area contributed by atoms with E-state index < -0.39 is 0 Å². The molecule has 0 saturated carbocycles. The van der Waals surface area contributed by atoms with Gasteiger partial charge in [-0.05, 0) is 52.3 Å². The number of carbonyl (C=O) groups is 1. The van der Waals surface area contributed by atoms with Crippen molar-refractivity contribution in [1.29, 1.82) is 0 Å². The summed E-state index contributed by atoms with van der Waals surface area (Å²) < 4.78 is 6.14. The lowest BCUT2D eigenvalue weighted by Crippen LogP contribution is -2.12. The molecule has 0 aliphatic carbocycles. The van der Waals surface area contributed by atoms with Crippen molar-refractivity contribution in [3.63, 3.8) is 0 Å². The lowest BCUT2D eigenvalue weighted by atomic mass is 10.2. The molecule has 0 unspecified atom stereocenters. The molecular weight excluding hydrogens is 320 g/mol. The average Bonchev–Trinajstić information content (AvgIpc) is 2.47. The summed E-state index contributed by atoms with van der Waals surface area (Å²) in [7, 11) is 0. The number of halogens is 1. The smallest absolute Gasteiger partial charge is 0.256 e. The molecule has 104 valence electrons. The molecule has 0 fully saturated rings. The topological polar surface area (TPSA) is 64.3 Å². The van der Waals surface area contributed by atoms with E-state index in [2.05, 4.69) is 21.2 Å². The standard InChI is InChI=1S/C15H15BrN2O2/c16-14-4-2-1-3-13(14)15(19)18-11-5-7-12(8-6-11)20-10-9-17/h1-8H,9-10,17H2,(H,18,19). The van der Waals surface area contributed by atoms with Crippen LogP contribution in [0.1, 0.15) is 10.4 Å². The van der Waals surface area contributed by atoms with Crippen LogP contribution in [-0.2, 0) is 0 Å². The summed E-state index contributed by atoms with van der Waals surface area (Å²) in [4.78, 5) is 12.1. The van der Waals surface area contributed by atoms with Gasteiger partial charge in [-0.25, -0.2) is 0 Å². The molecular formula is C15H15BrN2O2. The second-order valence-corrected chi connectivity index (χ2v) is 4.95. The highest BCUT2D eigenvalue weighted by Crippen LogP contribution is 2.19. The number of nitrogens with one attached hydrogen (secondary N) is 1. The Labute approximate surface area is 126 Å². The third kappa shape index (κ3) is 3.82. The van der Waals surface area contributed by atoms with Gasteiger partial charge in [0.05, 0.1) is 5.56 Å². The number of hydrogen-bond acceptors (Lipinski definition) is 3. The molecule has 1 amide bonds. The van der Waals surface area contributed by atoms with E-state index in [0.717, 1.165) is 10.2 Å². The van der Waals surface area contributed by atoms with Crippen molar-refractivity contribution >= 4 is 27.5 Å². The first-order chi connectivity index (χ1) is 9.70. The predicted molar refractivity (Wildman–Crippen MR) is 83.1 cm³/mol. The number of amides is 1. The van der Waals surface area contributed by atoms with Crippen LogP contribution in [0.2, 0.25) is 0 Å². The zero-order valence-corrected chi connectivity index (χ0v) is 12.4. The Morgan fingerprint density at radius 2 is 1.85 bits per heavy atom. The van der Waals surface area contributed by atoms with E-state index in [1.54, 1.807) is 30.3 Å². The van der Waals surface area contributed by atoms with Crippen LogP contribution in [0.5, 0.6) is 5.75 Å². The van der Waals surface area contributed by atoms with E-state index >= 15 is 0 Å². The van der Waals surface area contributed by atoms with E-state index in [4.69, 9.17) is 10.5 Å². The highest BCUT2D eigenvalue weighted by molar-refractivity contribution is 9.10. The van der Waals surface area contributed by atoms with E-state index in [0.29, 0.717) is 24.4 Å². The predicted octanol–water partition coefficient (Wildman–Crippen LogP) is 3.04. The molecule has 0 bridgehead atoms. The molecule has 0 radical (unpaired) electrons. The monoisotopic (exact) mass is 334 g/mol. The van der Waals surface area contributed by atoms with Crippen LogP contribution in [-0.4, -0.2) is 19.1 Å². The summed E-state index contributed by atoms with van der Waals surface area (Å²) >= 11 is 3.36. The Hall–Kier alpha value is -1.85. The molecule has 2 aromatic rings. The summed E-state index contributed by atoms with van der Waals surface area (Å²) in [5, 5.41) is 2.83. The van der Waals surface area contributed by atoms with E-state index in [1.165, 1.54) is 0 Å². The largest absolute Gasteiger partial charge is 0.492 e. The number of rotatable bonds is 5. The van der Waals surface area contributed by atoms with Crippen LogP contribution in [0.3, 0.4) is 0 Å². The number of anilines is 1. The number of benzene rings is 2. The van der Waals surface area contributed by atoms with Gasteiger partial charge in [0.2, 0.25) is 0 Å². The fourth-order valence-electron chi connectivity index (χ4n) is 1.66. The maximum absolute atomic E-state index is 12.1. The number of ether oxygens (including phenoxy) is 1. The van der Waals surface area contributed by atoms with Gasteiger partial charge in [-0.3, -0.25) is 4.79 Å². The summed E-state index contributed by atoms with van der Waals surface area (Å²) in [6.07, 6.45) is 0. The maximum Gasteiger partial charge on any atom is 0.256 e. The first-order valence-corrected chi connectivity index (χ1v) is 6.99. The molecule has 0 aromatic heterocycles. The highest BCUT2D eigenvalue weighted by atomic mass is 79.9. The van der Waals surface area contributed by atoms with Crippen LogP contribution in [0.25, 0.3) is 0 Å². The molecule has 0 aliphatic heterocycles. The van der Waals surface area contributed by atoms with Gasteiger partial charge in [0.25, 0.3) is 5.91 Å². The lowest BCUT2D eigenvalue weighted by Gasteiger charge is -2.08. The Bertz CT molecular complexity index is 585. The molecule has 0 atom stereocenters. The normalized spacial score (nSPS) is 10.1. The second kappa shape index (κ2) is 7.07. The lowest BCUT2D eigenvalue weighted by molar-refractivity contribution is 0.102. The van der Waals surface area contributed by atoms with Gasteiger partial charge in [0, 0.05) is 16.7 Å². The molecule has 20 heavy (non-hydrogen) atoms.